The molecular weight excluding hydrogens is 468 g/mol. The molecule has 1 aromatic heterocycles. The number of hydrogen-bond donors (Lipinski definition) is 1. The van der Waals surface area contributed by atoms with Crippen LogP contribution in [-0.4, -0.2) is 53.0 Å². The molecule has 38 heavy (non-hydrogen) atoms. The largest absolute Gasteiger partial charge is 0.341 e. The van der Waals surface area contributed by atoms with Gasteiger partial charge in [0.1, 0.15) is 0 Å². The van der Waals surface area contributed by atoms with E-state index in [2.05, 4.69) is 112 Å². The Hall–Kier alpha value is -3.93. The fraction of sp³-hybridized carbons (Fsp3) is 0.242. The summed E-state index contributed by atoms with van der Waals surface area (Å²) in [5.41, 5.74) is 8.82. The lowest BCUT2D eigenvalue weighted by Crippen LogP contribution is -2.49. The lowest BCUT2D eigenvalue weighted by Gasteiger charge is -2.38. The Labute approximate surface area is 223 Å². The van der Waals surface area contributed by atoms with Crippen molar-refractivity contribution < 1.29 is 4.79 Å². The van der Waals surface area contributed by atoms with Gasteiger partial charge in [0.15, 0.2) is 0 Å². The van der Waals surface area contributed by atoms with E-state index in [0.717, 1.165) is 38.4 Å². The number of hydrogen-bond acceptors (Lipinski definition) is 3. The van der Waals surface area contributed by atoms with Gasteiger partial charge in [0.2, 0.25) is 5.91 Å². The molecule has 0 atom stereocenters. The minimum Gasteiger partial charge on any atom is -0.341 e. The molecule has 4 aromatic carbocycles. The lowest BCUT2D eigenvalue weighted by molar-refractivity contribution is -0.117. The smallest absolute Gasteiger partial charge is 0.238 e. The van der Waals surface area contributed by atoms with E-state index in [1.54, 1.807) is 0 Å². The van der Waals surface area contributed by atoms with Crippen molar-refractivity contribution in [2.75, 3.05) is 38.0 Å². The van der Waals surface area contributed by atoms with Crippen molar-refractivity contribution in [2.45, 2.75) is 19.5 Å². The Morgan fingerprint density at radius 3 is 2.11 bits per heavy atom. The molecule has 2 aliphatic rings. The third-order valence-electron chi connectivity index (χ3n) is 8.31. The van der Waals surface area contributed by atoms with Crippen molar-refractivity contribution in [3.8, 4) is 11.1 Å². The van der Waals surface area contributed by atoms with Gasteiger partial charge in [-0.3, -0.25) is 14.6 Å². The molecule has 7 rings (SSSR count). The molecule has 0 spiro atoms. The van der Waals surface area contributed by atoms with E-state index in [9.17, 15) is 4.79 Å². The SMILES string of the molecule is CCn1c2ccccc2c2cc(NC(=O)CN3CCN(C4c5ccccc5-c5ccccc54)CC3)ccc21. The van der Waals surface area contributed by atoms with Gasteiger partial charge in [-0.05, 0) is 53.4 Å². The molecule has 5 heteroatoms. The Balaban J connectivity index is 1.03. The molecule has 5 aromatic rings. The summed E-state index contributed by atoms with van der Waals surface area (Å²) in [4.78, 5) is 17.9. The molecule has 0 bridgehead atoms. The van der Waals surface area contributed by atoms with Crippen LogP contribution in [0.5, 0.6) is 0 Å². The zero-order chi connectivity index (χ0) is 25.6. The van der Waals surface area contributed by atoms with E-state index < -0.39 is 0 Å². The van der Waals surface area contributed by atoms with Crippen LogP contribution in [0.3, 0.4) is 0 Å². The Kier molecular flexibility index (Phi) is 5.76. The number of carbonyl (C=O) groups is 1. The van der Waals surface area contributed by atoms with Gasteiger partial charge in [0, 0.05) is 60.2 Å². The van der Waals surface area contributed by atoms with Crippen molar-refractivity contribution in [3.05, 3.63) is 102 Å². The van der Waals surface area contributed by atoms with E-state index in [1.165, 1.54) is 44.1 Å². The van der Waals surface area contributed by atoms with Crippen LogP contribution in [0.25, 0.3) is 32.9 Å². The van der Waals surface area contributed by atoms with Gasteiger partial charge in [0.05, 0.1) is 12.6 Å². The number of benzene rings is 4. The number of amides is 1. The molecule has 5 nitrogen and oxygen atoms in total. The number of rotatable bonds is 5. The minimum absolute atomic E-state index is 0.0496. The van der Waals surface area contributed by atoms with Crippen molar-refractivity contribution >= 4 is 33.4 Å². The topological polar surface area (TPSA) is 40.5 Å². The summed E-state index contributed by atoms with van der Waals surface area (Å²) in [5.74, 6) is 0.0496. The summed E-state index contributed by atoms with van der Waals surface area (Å²) in [7, 11) is 0. The Bertz CT molecular complexity index is 1620. The fourth-order valence-corrected chi connectivity index (χ4v) is 6.58. The first kappa shape index (κ1) is 23.2. The van der Waals surface area contributed by atoms with Crippen molar-refractivity contribution in [3.63, 3.8) is 0 Å². The maximum Gasteiger partial charge on any atom is 0.238 e. The van der Waals surface area contributed by atoms with Crippen LogP contribution in [-0.2, 0) is 11.3 Å². The summed E-state index contributed by atoms with van der Waals surface area (Å²) >= 11 is 0. The minimum atomic E-state index is 0.0496. The average molecular weight is 501 g/mol. The molecule has 1 N–H and O–H groups in total. The van der Waals surface area contributed by atoms with Gasteiger partial charge >= 0.3 is 0 Å². The van der Waals surface area contributed by atoms with Crippen molar-refractivity contribution in [2.24, 2.45) is 0 Å². The third kappa shape index (κ3) is 3.82. The second kappa shape index (κ2) is 9.43. The normalized spacial score (nSPS) is 16.1. The lowest BCUT2D eigenvalue weighted by atomic mass is 10.0. The van der Waals surface area contributed by atoms with Gasteiger partial charge < -0.3 is 9.88 Å². The molecule has 1 amide bonds. The maximum atomic E-state index is 13.0. The monoisotopic (exact) mass is 500 g/mol. The van der Waals surface area contributed by atoms with E-state index in [1.807, 2.05) is 6.07 Å². The highest BCUT2D eigenvalue weighted by atomic mass is 16.2. The highest BCUT2D eigenvalue weighted by Gasteiger charge is 2.34. The van der Waals surface area contributed by atoms with Crippen LogP contribution in [0.1, 0.15) is 24.1 Å². The van der Waals surface area contributed by atoms with Crippen molar-refractivity contribution in [1.29, 1.82) is 0 Å². The van der Waals surface area contributed by atoms with E-state index in [-0.39, 0.29) is 5.91 Å². The Morgan fingerprint density at radius 1 is 0.763 bits per heavy atom. The summed E-state index contributed by atoms with van der Waals surface area (Å²) in [6, 6.07) is 32.7. The summed E-state index contributed by atoms with van der Waals surface area (Å²) in [5, 5.41) is 5.58. The highest BCUT2D eigenvalue weighted by molar-refractivity contribution is 6.09. The van der Waals surface area contributed by atoms with E-state index in [0.29, 0.717) is 12.6 Å². The molecule has 1 aliphatic carbocycles. The molecule has 0 saturated carbocycles. The molecule has 0 radical (unpaired) electrons. The molecule has 190 valence electrons. The van der Waals surface area contributed by atoms with Crippen LogP contribution in [0.4, 0.5) is 5.69 Å². The first-order valence-corrected chi connectivity index (χ1v) is 13.7. The predicted molar refractivity (Wildman–Crippen MR) is 155 cm³/mol. The number of anilines is 1. The number of carbonyl (C=O) groups excluding carboxylic acids is 1. The predicted octanol–water partition coefficient (Wildman–Crippen LogP) is 6.14. The maximum absolute atomic E-state index is 13.0. The first-order chi connectivity index (χ1) is 18.7. The van der Waals surface area contributed by atoms with Gasteiger partial charge in [-0.25, -0.2) is 0 Å². The average Bonchev–Trinajstić information content (AvgIpc) is 3.46. The van der Waals surface area contributed by atoms with Gasteiger partial charge in [-0.1, -0.05) is 66.7 Å². The number of nitrogens with one attached hydrogen (secondary N) is 1. The number of fused-ring (bicyclic) bond motifs is 6. The number of piperazine rings is 1. The number of aromatic nitrogens is 1. The number of aryl methyl sites for hydroxylation is 1. The third-order valence-corrected chi connectivity index (χ3v) is 8.31. The molecule has 0 unspecified atom stereocenters. The number of nitrogens with zero attached hydrogens (tertiary/aromatic N) is 3. The molecule has 1 aliphatic heterocycles. The van der Waals surface area contributed by atoms with Crippen LogP contribution in [0, 0.1) is 0 Å². The molecule has 1 saturated heterocycles. The number of para-hydroxylation sites is 1. The van der Waals surface area contributed by atoms with Gasteiger partial charge in [-0.2, -0.15) is 0 Å². The highest BCUT2D eigenvalue weighted by Crippen LogP contribution is 2.46. The van der Waals surface area contributed by atoms with Crippen LogP contribution in [0.15, 0.2) is 91.0 Å². The second-order valence-corrected chi connectivity index (χ2v) is 10.4. The van der Waals surface area contributed by atoms with E-state index in [4.69, 9.17) is 0 Å². The van der Waals surface area contributed by atoms with Gasteiger partial charge in [0.25, 0.3) is 0 Å². The zero-order valence-electron chi connectivity index (χ0n) is 21.7. The second-order valence-electron chi connectivity index (χ2n) is 10.4. The quantitative estimate of drug-likeness (QED) is 0.315. The standard InChI is InChI=1S/C33H32N4O/c1-2-37-30-14-8-7-11-26(30)29-21-23(15-16-31(29)37)34-32(38)22-35-17-19-36(20-18-35)33-27-12-5-3-9-24(27)25-10-4-6-13-28(25)33/h3-16,21,33H,2,17-20,22H2,1H3,(H,34,38). The Morgan fingerprint density at radius 2 is 1.39 bits per heavy atom. The fourth-order valence-electron chi connectivity index (χ4n) is 6.58. The van der Waals surface area contributed by atoms with Crippen LogP contribution in [0.2, 0.25) is 0 Å². The summed E-state index contributed by atoms with van der Waals surface area (Å²) < 4.78 is 2.33. The molecule has 2 heterocycles. The summed E-state index contributed by atoms with van der Waals surface area (Å²) in [6.45, 7) is 7.17. The van der Waals surface area contributed by atoms with Gasteiger partial charge in [-0.15, -0.1) is 0 Å². The molecule has 1 fully saturated rings. The first-order valence-electron chi connectivity index (χ1n) is 13.7. The zero-order valence-corrected chi connectivity index (χ0v) is 21.7. The van der Waals surface area contributed by atoms with E-state index >= 15 is 0 Å². The van der Waals surface area contributed by atoms with Crippen LogP contribution >= 0.6 is 0 Å². The summed E-state index contributed by atoms with van der Waals surface area (Å²) in [6.07, 6.45) is 0. The van der Waals surface area contributed by atoms with Crippen molar-refractivity contribution in [1.82, 2.24) is 14.4 Å². The molecular formula is C33H32N4O. The van der Waals surface area contributed by atoms with Crippen LogP contribution < -0.4 is 5.32 Å².